The first kappa shape index (κ1) is 17.2. The van der Waals surface area contributed by atoms with E-state index in [-0.39, 0.29) is 16.8 Å². The molecule has 1 aromatic heterocycles. The highest BCUT2D eigenvalue weighted by Crippen LogP contribution is 2.21. The van der Waals surface area contributed by atoms with Gasteiger partial charge in [0.2, 0.25) is 0 Å². The number of nitrogen functional groups attached to an aromatic ring is 1. The number of hydrogen-bond donors (Lipinski definition) is 1. The van der Waals surface area contributed by atoms with Crippen molar-refractivity contribution in [1.82, 2.24) is 10.2 Å². The van der Waals surface area contributed by atoms with Crippen molar-refractivity contribution in [3.05, 3.63) is 46.6 Å². The Kier molecular flexibility index (Phi) is 6.35. The van der Waals surface area contributed by atoms with Crippen molar-refractivity contribution in [3.8, 4) is 5.75 Å². The number of carbonyl (C=O) groups excluding carboxylic acids is 1. The van der Waals surface area contributed by atoms with Gasteiger partial charge in [-0.3, -0.25) is 4.79 Å². The molecule has 2 aromatic rings. The number of anilines is 1. The van der Waals surface area contributed by atoms with Crippen LogP contribution in [0.25, 0.3) is 0 Å². The Morgan fingerprint density at radius 3 is 2.70 bits per heavy atom. The SMILES string of the molecule is CCCCC(=O)c1ccc(CCOc2cc(Cl)nnc2N)cc1. The minimum absolute atomic E-state index is 0.194. The van der Waals surface area contributed by atoms with Gasteiger partial charge in [0.25, 0.3) is 0 Å². The number of hydrogen-bond acceptors (Lipinski definition) is 5. The Morgan fingerprint density at radius 1 is 1.26 bits per heavy atom. The van der Waals surface area contributed by atoms with E-state index in [4.69, 9.17) is 22.1 Å². The summed E-state index contributed by atoms with van der Waals surface area (Å²) in [6.07, 6.45) is 3.26. The Hall–Kier alpha value is -2.14. The summed E-state index contributed by atoms with van der Waals surface area (Å²) in [5.74, 6) is 0.836. The first-order valence-electron chi connectivity index (χ1n) is 7.63. The molecule has 0 unspecified atom stereocenters. The zero-order valence-electron chi connectivity index (χ0n) is 13.1. The molecule has 0 aliphatic heterocycles. The van der Waals surface area contributed by atoms with Crippen LogP contribution in [-0.2, 0) is 6.42 Å². The number of rotatable bonds is 8. The maximum absolute atomic E-state index is 11.9. The number of nitrogens with zero attached hydrogens (tertiary/aromatic N) is 2. The van der Waals surface area contributed by atoms with Gasteiger partial charge in [0.05, 0.1) is 6.61 Å². The molecule has 1 aromatic carbocycles. The summed E-state index contributed by atoms with van der Waals surface area (Å²) < 4.78 is 5.57. The molecule has 0 spiro atoms. The zero-order valence-corrected chi connectivity index (χ0v) is 13.8. The minimum Gasteiger partial charge on any atom is -0.489 e. The fourth-order valence-electron chi connectivity index (χ4n) is 2.10. The minimum atomic E-state index is 0.194. The average Bonchev–Trinajstić information content (AvgIpc) is 2.56. The van der Waals surface area contributed by atoms with Crippen LogP contribution in [0.1, 0.15) is 42.1 Å². The van der Waals surface area contributed by atoms with E-state index >= 15 is 0 Å². The second-order valence-electron chi connectivity index (χ2n) is 5.24. The fourth-order valence-corrected chi connectivity index (χ4v) is 2.23. The molecule has 0 saturated carbocycles. The highest BCUT2D eigenvalue weighted by molar-refractivity contribution is 6.29. The van der Waals surface area contributed by atoms with Crippen LogP contribution in [0.5, 0.6) is 5.75 Å². The summed E-state index contributed by atoms with van der Waals surface area (Å²) in [7, 11) is 0. The summed E-state index contributed by atoms with van der Waals surface area (Å²) in [5, 5.41) is 7.56. The predicted octanol–water partition coefficient (Wildman–Crippen LogP) is 3.71. The van der Waals surface area contributed by atoms with E-state index in [1.807, 2.05) is 24.3 Å². The van der Waals surface area contributed by atoms with E-state index in [9.17, 15) is 4.79 Å². The van der Waals surface area contributed by atoms with Crippen LogP contribution in [0.3, 0.4) is 0 Å². The third-order valence-electron chi connectivity index (χ3n) is 3.44. The van der Waals surface area contributed by atoms with Crippen molar-refractivity contribution in [3.63, 3.8) is 0 Å². The molecule has 23 heavy (non-hydrogen) atoms. The molecule has 2 rings (SSSR count). The fraction of sp³-hybridized carbons (Fsp3) is 0.353. The lowest BCUT2D eigenvalue weighted by molar-refractivity contribution is 0.0980. The van der Waals surface area contributed by atoms with Crippen molar-refractivity contribution >= 4 is 23.2 Å². The summed E-state index contributed by atoms with van der Waals surface area (Å²) in [5.41, 5.74) is 7.52. The zero-order chi connectivity index (χ0) is 16.7. The largest absolute Gasteiger partial charge is 0.489 e. The van der Waals surface area contributed by atoms with Gasteiger partial charge in [0, 0.05) is 24.5 Å². The molecular formula is C17H20ClN3O2. The molecule has 5 nitrogen and oxygen atoms in total. The number of ketones is 1. The number of halogens is 1. The summed E-state index contributed by atoms with van der Waals surface area (Å²) in [4.78, 5) is 11.9. The lowest BCUT2D eigenvalue weighted by Gasteiger charge is -2.08. The highest BCUT2D eigenvalue weighted by atomic mass is 35.5. The lowest BCUT2D eigenvalue weighted by Crippen LogP contribution is -2.06. The first-order valence-corrected chi connectivity index (χ1v) is 8.01. The van der Waals surface area contributed by atoms with E-state index in [1.165, 1.54) is 0 Å². The van der Waals surface area contributed by atoms with Crippen molar-refractivity contribution in [2.75, 3.05) is 12.3 Å². The van der Waals surface area contributed by atoms with E-state index < -0.39 is 0 Å². The molecule has 0 atom stereocenters. The Labute approximate surface area is 140 Å². The number of ether oxygens (including phenoxy) is 1. The second-order valence-corrected chi connectivity index (χ2v) is 5.63. The molecule has 1 heterocycles. The number of unbranched alkanes of at least 4 members (excludes halogenated alkanes) is 1. The quantitative estimate of drug-likeness (QED) is 0.745. The molecule has 0 radical (unpaired) electrons. The first-order chi connectivity index (χ1) is 11.1. The summed E-state index contributed by atoms with van der Waals surface area (Å²) in [6.45, 7) is 2.52. The van der Waals surface area contributed by atoms with Gasteiger partial charge in [-0.05, 0) is 12.0 Å². The van der Waals surface area contributed by atoms with Gasteiger partial charge in [-0.1, -0.05) is 49.2 Å². The van der Waals surface area contributed by atoms with E-state index in [0.29, 0.717) is 25.2 Å². The molecule has 6 heteroatoms. The van der Waals surface area contributed by atoms with Gasteiger partial charge < -0.3 is 10.5 Å². The van der Waals surface area contributed by atoms with Gasteiger partial charge in [-0.2, -0.15) is 0 Å². The highest BCUT2D eigenvalue weighted by Gasteiger charge is 2.06. The van der Waals surface area contributed by atoms with Gasteiger partial charge in [-0.15, -0.1) is 10.2 Å². The molecule has 0 saturated heterocycles. The van der Waals surface area contributed by atoms with Crippen LogP contribution >= 0.6 is 11.6 Å². The number of nitrogens with two attached hydrogens (primary N) is 1. The number of carbonyl (C=O) groups is 1. The van der Waals surface area contributed by atoms with Crippen LogP contribution < -0.4 is 10.5 Å². The predicted molar refractivity (Wildman–Crippen MR) is 91.0 cm³/mol. The monoisotopic (exact) mass is 333 g/mol. The lowest BCUT2D eigenvalue weighted by atomic mass is 10.0. The van der Waals surface area contributed by atoms with Crippen molar-refractivity contribution in [1.29, 1.82) is 0 Å². The molecule has 0 amide bonds. The van der Waals surface area contributed by atoms with E-state index in [2.05, 4.69) is 17.1 Å². The molecule has 2 N–H and O–H groups in total. The number of aromatic nitrogens is 2. The topological polar surface area (TPSA) is 78.1 Å². The average molecular weight is 334 g/mol. The second kappa shape index (κ2) is 8.48. The van der Waals surface area contributed by atoms with Gasteiger partial charge in [-0.25, -0.2) is 0 Å². The standard InChI is InChI=1S/C17H20ClN3O2/c1-2-3-4-14(22)13-7-5-12(6-8-13)9-10-23-15-11-16(18)20-21-17(15)19/h5-8,11H,2-4,9-10H2,1H3,(H2,19,21). The number of benzene rings is 1. The Bertz CT molecular complexity index is 659. The van der Waals surface area contributed by atoms with E-state index in [1.54, 1.807) is 6.07 Å². The molecule has 0 aliphatic rings. The molecular weight excluding hydrogens is 314 g/mol. The molecule has 0 aliphatic carbocycles. The van der Waals surface area contributed by atoms with Crippen LogP contribution in [0.2, 0.25) is 5.15 Å². The Balaban J connectivity index is 1.86. The molecule has 0 bridgehead atoms. The van der Waals surface area contributed by atoms with Crippen LogP contribution in [0.4, 0.5) is 5.82 Å². The maximum Gasteiger partial charge on any atom is 0.188 e. The molecule has 0 fully saturated rings. The van der Waals surface area contributed by atoms with Crippen molar-refractivity contribution in [2.45, 2.75) is 32.6 Å². The van der Waals surface area contributed by atoms with Crippen molar-refractivity contribution in [2.24, 2.45) is 0 Å². The van der Waals surface area contributed by atoms with E-state index in [0.717, 1.165) is 24.0 Å². The van der Waals surface area contributed by atoms with Crippen molar-refractivity contribution < 1.29 is 9.53 Å². The maximum atomic E-state index is 11.9. The third-order valence-corrected chi connectivity index (χ3v) is 3.62. The van der Waals surface area contributed by atoms with Gasteiger partial charge >= 0.3 is 0 Å². The van der Waals surface area contributed by atoms with Gasteiger partial charge in [0.1, 0.15) is 0 Å². The van der Waals surface area contributed by atoms with Gasteiger partial charge in [0.15, 0.2) is 22.5 Å². The normalized spacial score (nSPS) is 10.5. The number of Topliss-reactive ketones (excluding diaryl/α,β-unsaturated/α-hetero) is 1. The Morgan fingerprint density at radius 2 is 2.00 bits per heavy atom. The smallest absolute Gasteiger partial charge is 0.188 e. The van der Waals surface area contributed by atoms with Crippen LogP contribution in [0.15, 0.2) is 30.3 Å². The van der Waals surface area contributed by atoms with Crippen LogP contribution in [0, 0.1) is 0 Å². The third kappa shape index (κ3) is 5.21. The summed E-state index contributed by atoms with van der Waals surface area (Å²) >= 11 is 5.75. The summed E-state index contributed by atoms with van der Waals surface area (Å²) in [6, 6.07) is 9.17. The molecule has 122 valence electrons. The van der Waals surface area contributed by atoms with Crippen LogP contribution in [-0.4, -0.2) is 22.6 Å².